The van der Waals surface area contributed by atoms with E-state index < -0.39 is 5.82 Å². The minimum atomic E-state index is -0.439. The van der Waals surface area contributed by atoms with Gasteiger partial charge in [-0.1, -0.05) is 48.5 Å². The van der Waals surface area contributed by atoms with Crippen molar-refractivity contribution in [1.82, 2.24) is 15.1 Å². The van der Waals surface area contributed by atoms with Gasteiger partial charge in [0.1, 0.15) is 5.82 Å². The lowest BCUT2D eigenvalue weighted by molar-refractivity contribution is 0.0759. The monoisotopic (exact) mass is 458 g/mol. The first-order valence-corrected chi connectivity index (χ1v) is 11.4. The van der Waals surface area contributed by atoms with Gasteiger partial charge in [0, 0.05) is 50.7 Å². The first kappa shape index (κ1) is 22.1. The maximum absolute atomic E-state index is 13.9. The van der Waals surface area contributed by atoms with Gasteiger partial charge < -0.3 is 20.4 Å². The molecule has 174 valence electrons. The second-order valence-corrected chi connectivity index (χ2v) is 9.12. The lowest BCUT2D eigenvalue weighted by atomic mass is 9.74. The average molecular weight is 459 g/mol. The van der Waals surface area contributed by atoms with Gasteiger partial charge in [0.15, 0.2) is 0 Å². The van der Waals surface area contributed by atoms with Crippen LogP contribution in [0.4, 0.5) is 14.9 Å². The summed E-state index contributed by atoms with van der Waals surface area (Å²) in [6, 6.07) is 22.4. The van der Waals surface area contributed by atoms with Crippen LogP contribution in [0, 0.1) is 5.82 Å². The molecule has 3 aliphatic heterocycles. The summed E-state index contributed by atoms with van der Waals surface area (Å²) in [6.45, 7) is 1.13. The second kappa shape index (κ2) is 8.91. The normalized spacial score (nSPS) is 20.9. The smallest absolute Gasteiger partial charge is 0.322 e. The maximum atomic E-state index is 13.9. The van der Waals surface area contributed by atoms with Crippen LogP contribution in [-0.4, -0.2) is 61.0 Å². The SMILES string of the molecule is CN(C)C(=O)c1cccc(-c2ccc(C3[C@@H]4CN(C(=O)Nc5ccccc5F)C[C@H]3N4)cc2)c1. The zero-order valence-corrected chi connectivity index (χ0v) is 19.2. The van der Waals surface area contributed by atoms with Crippen molar-refractivity contribution in [3.63, 3.8) is 0 Å². The van der Waals surface area contributed by atoms with Crippen LogP contribution in [0.5, 0.6) is 0 Å². The molecule has 3 atom stereocenters. The van der Waals surface area contributed by atoms with E-state index >= 15 is 0 Å². The molecule has 2 bridgehead atoms. The highest BCUT2D eigenvalue weighted by molar-refractivity contribution is 5.95. The Morgan fingerprint density at radius 3 is 2.32 bits per heavy atom. The summed E-state index contributed by atoms with van der Waals surface area (Å²) >= 11 is 0. The van der Waals surface area contributed by atoms with Crippen molar-refractivity contribution in [3.05, 3.63) is 89.7 Å². The van der Waals surface area contributed by atoms with E-state index in [0.29, 0.717) is 24.6 Å². The summed E-state index contributed by atoms with van der Waals surface area (Å²) in [7, 11) is 3.50. The molecule has 3 amide bonds. The maximum Gasteiger partial charge on any atom is 0.322 e. The van der Waals surface area contributed by atoms with Crippen LogP contribution in [0.3, 0.4) is 0 Å². The summed E-state index contributed by atoms with van der Waals surface area (Å²) in [4.78, 5) is 28.3. The summed E-state index contributed by atoms with van der Waals surface area (Å²) in [5, 5.41) is 6.20. The van der Waals surface area contributed by atoms with Gasteiger partial charge in [-0.05, 0) is 41.0 Å². The number of amides is 3. The predicted molar refractivity (Wildman–Crippen MR) is 130 cm³/mol. The molecule has 3 heterocycles. The third kappa shape index (κ3) is 4.15. The van der Waals surface area contributed by atoms with E-state index in [2.05, 4.69) is 34.9 Å². The van der Waals surface area contributed by atoms with E-state index in [9.17, 15) is 14.0 Å². The lowest BCUT2D eigenvalue weighted by Crippen LogP contribution is -2.72. The van der Waals surface area contributed by atoms with Crippen molar-refractivity contribution in [2.75, 3.05) is 32.5 Å². The molecule has 6 nitrogen and oxygen atoms in total. The first-order chi connectivity index (χ1) is 16.4. The van der Waals surface area contributed by atoms with Gasteiger partial charge in [-0.25, -0.2) is 9.18 Å². The number of para-hydroxylation sites is 1. The fourth-order valence-electron chi connectivity index (χ4n) is 4.90. The van der Waals surface area contributed by atoms with Crippen LogP contribution in [0.25, 0.3) is 11.1 Å². The molecule has 0 spiro atoms. The fourth-order valence-corrected chi connectivity index (χ4v) is 4.90. The van der Waals surface area contributed by atoms with Gasteiger partial charge in [0.05, 0.1) is 5.69 Å². The molecule has 3 aliphatic rings. The van der Waals surface area contributed by atoms with E-state index in [-0.39, 0.29) is 29.7 Å². The number of nitrogens with one attached hydrogen (secondary N) is 2. The number of carbonyl (C=O) groups excluding carboxylic acids is 2. The second-order valence-electron chi connectivity index (χ2n) is 9.12. The lowest BCUT2D eigenvalue weighted by Gasteiger charge is -2.54. The Morgan fingerprint density at radius 1 is 0.941 bits per heavy atom. The zero-order chi connectivity index (χ0) is 23.8. The van der Waals surface area contributed by atoms with Gasteiger partial charge in [-0.2, -0.15) is 0 Å². The first-order valence-electron chi connectivity index (χ1n) is 11.4. The zero-order valence-electron chi connectivity index (χ0n) is 19.2. The number of anilines is 1. The van der Waals surface area contributed by atoms with Crippen molar-refractivity contribution in [3.8, 4) is 11.1 Å². The van der Waals surface area contributed by atoms with Gasteiger partial charge in [0.2, 0.25) is 0 Å². The van der Waals surface area contributed by atoms with Crippen LogP contribution in [0.2, 0.25) is 0 Å². The molecular weight excluding hydrogens is 431 g/mol. The molecular formula is C27H27FN4O2. The van der Waals surface area contributed by atoms with E-state index in [1.54, 1.807) is 42.1 Å². The topological polar surface area (TPSA) is 64.7 Å². The Bertz CT molecular complexity index is 1220. The fraction of sp³-hybridized carbons (Fsp3) is 0.259. The van der Waals surface area contributed by atoms with Crippen molar-refractivity contribution in [1.29, 1.82) is 0 Å². The standard InChI is InChI=1S/C27H27FN4O2/c1-31(2)26(33)20-7-5-6-19(14-20)17-10-12-18(13-11-17)25-23-15-32(16-24(25)29-23)27(34)30-22-9-4-3-8-21(22)28/h3-14,23-25,29H,15-16H2,1-2H3,(H,30,34)/t23-,24+,25?. The molecule has 3 fully saturated rings. The number of fused-ring (bicyclic) bond motifs is 2. The van der Waals surface area contributed by atoms with E-state index in [1.807, 2.05) is 24.3 Å². The molecule has 0 radical (unpaired) electrons. The molecule has 3 saturated heterocycles. The minimum Gasteiger partial charge on any atom is -0.345 e. The molecule has 3 aromatic rings. The van der Waals surface area contributed by atoms with Crippen molar-refractivity contribution >= 4 is 17.6 Å². The number of halogens is 1. The van der Waals surface area contributed by atoms with Crippen LogP contribution < -0.4 is 10.6 Å². The van der Waals surface area contributed by atoms with Crippen molar-refractivity contribution in [2.24, 2.45) is 0 Å². The van der Waals surface area contributed by atoms with E-state index in [1.165, 1.54) is 11.6 Å². The Hall–Kier alpha value is -3.71. The summed E-state index contributed by atoms with van der Waals surface area (Å²) in [5.74, 6) is -0.130. The third-order valence-corrected chi connectivity index (χ3v) is 6.68. The van der Waals surface area contributed by atoms with Gasteiger partial charge >= 0.3 is 6.03 Å². The molecule has 34 heavy (non-hydrogen) atoms. The van der Waals surface area contributed by atoms with Crippen molar-refractivity contribution < 1.29 is 14.0 Å². The highest BCUT2D eigenvalue weighted by atomic mass is 19.1. The molecule has 7 heteroatoms. The van der Waals surface area contributed by atoms with Crippen LogP contribution >= 0.6 is 0 Å². The molecule has 0 saturated carbocycles. The Balaban J connectivity index is 1.25. The number of piperidine rings is 1. The Morgan fingerprint density at radius 2 is 1.65 bits per heavy atom. The number of piperazine rings is 1. The Labute approximate surface area is 198 Å². The molecule has 0 aliphatic carbocycles. The number of benzene rings is 3. The number of urea groups is 1. The minimum absolute atomic E-state index is 0.0181. The molecule has 6 rings (SSSR count). The van der Waals surface area contributed by atoms with Crippen LogP contribution in [-0.2, 0) is 0 Å². The van der Waals surface area contributed by atoms with E-state index in [4.69, 9.17) is 0 Å². The highest BCUT2D eigenvalue weighted by Crippen LogP contribution is 2.37. The molecule has 2 N–H and O–H groups in total. The molecule has 0 aromatic heterocycles. The predicted octanol–water partition coefficient (Wildman–Crippen LogP) is 4.17. The molecule has 1 unspecified atom stereocenters. The number of hydrogen-bond acceptors (Lipinski definition) is 3. The third-order valence-electron chi connectivity index (χ3n) is 6.68. The van der Waals surface area contributed by atoms with Crippen LogP contribution in [0.15, 0.2) is 72.8 Å². The summed E-state index contributed by atoms with van der Waals surface area (Å²) < 4.78 is 13.9. The average Bonchev–Trinajstić information content (AvgIpc) is 2.85. The van der Waals surface area contributed by atoms with Gasteiger partial charge in [-0.15, -0.1) is 0 Å². The van der Waals surface area contributed by atoms with Crippen LogP contribution in [0.1, 0.15) is 21.8 Å². The number of carbonyl (C=O) groups is 2. The largest absolute Gasteiger partial charge is 0.345 e. The Kier molecular flexibility index (Phi) is 5.79. The number of rotatable bonds is 4. The quantitative estimate of drug-likeness (QED) is 0.617. The summed E-state index contributed by atoms with van der Waals surface area (Å²) in [5.41, 5.74) is 4.15. The highest BCUT2D eigenvalue weighted by Gasteiger charge is 2.48. The number of nitrogens with zero attached hydrogens (tertiary/aromatic N) is 2. The summed E-state index contributed by atoms with van der Waals surface area (Å²) in [6.07, 6.45) is 0. The van der Waals surface area contributed by atoms with E-state index in [0.717, 1.165) is 11.1 Å². The van der Waals surface area contributed by atoms with Gasteiger partial charge in [0.25, 0.3) is 5.91 Å². The van der Waals surface area contributed by atoms with Gasteiger partial charge in [-0.3, -0.25) is 4.79 Å². The molecule has 3 aromatic carbocycles. The number of hydrogen-bond donors (Lipinski definition) is 2. The van der Waals surface area contributed by atoms with Crippen molar-refractivity contribution in [2.45, 2.75) is 18.0 Å².